The summed E-state index contributed by atoms with van der Waals surface area (Å²) in [5.74, 6) is 0.874. The minimum Gasteiger partial charge on any atom is -0.309 e. The minimum absolute atomic E-state index is 0.874. The molecule has 0 aromatic carbocycles. The summed E-state index contributed by atoms with van der Waals surface area (Å²) in [5, 5.41) is 0. The topological polar surface area (TPSA) is 27.3 Å². The number of hydrogen-bond donors (Lipinski definition) is 2. The first-order chi connectivity index (χ1) is 5.29. The number of nitrogens with one attached hydrogen (secondary N) is 2. The van der Waals surface area contributed by atoms with Crippen LogP contribution in [0, 0.1) is 5.92 Å². The summed E-state index contributed by atoms with van der Waals surface area (Å²) in [5.41, 5.74) is 6.33. The third-order valence-corrected chi connectivity index (χ3v) is 2.18. The second-order valence-electron chi connectivity index (χ2n) is 3.55. The van der Waals surface area contributed by atoms with Gasteiger partial charge in [0.1, 0.15) is 0 Å². The second-order valence-corrected chi connectivity index (χ2v) is 3.55. The Morgan fingerprint density at radius 2 is 2.18 bits per heavy atom. The fourth-order valence-electron chi connectivity index (χ4n) is 1.37. The average molecular weight is 157 g/mol. The summed E-state index contributed by atoms with van der Waals surface area (Å²) < 4.78 is 0. The van der Waals surface area contributed by atoms with Gasteiger partial charge in [-0.3, -0.25) is 10.9 Å². The Morgan fingerprint density at radius 1 is 1.36 bits per heavy atom. The van der Waals surface area contributed by atoms with E-state index in [4.69, 9.17) is 0 Å². The van der Waals surface area contributed by atoms with E-state index in [-0.39, 0.29) is 0 Å². The first kappa shape index (κ1) is 8.97. The maximum absolute atomic E-state index is 3.19. The Balaban J connectivity index is 2.05. The van der Waals surface area contributed by atoms with Gasteiger partial charge >= 0.3 is 0 Å². The summed E-state index contributed by atoms with van der Waals surface area (Å²) in [6.07, 6.45) is 2.64. The number of hydrazine groups is 1. The van der Waals surface area contributed by atoms with Crippen LogP contribution >= 0.6 is 0 Å². The van der Waals surface area contributed by atoms with Crippen LogP contribution in [0.25, 0.3) is 0 Å². The molecule has 0 saturated carbocycles. The Labute approximate surface area is 69.1 Å². The number of rotatable bonds is 3. The molecule has 1 saturated heterocycles. The molecule has 0 bridgehead atoms. The van der Waals surface area contributed by atoms with Crippen LogP contribution < -0.4 is 10.9 Å². The van der Waals surface area contributed by atoms with Gasteiger partial charge in [0, 0.05) is 13.1 Å². The highest BCUT2D eigenvalue weighted by Crippen LogP contribution is 2.08. The lowest BCUT2D eigenvalue weighted by molar-refractivity contribution is 0.283. The molecule has 1 aliphatic heterocycles. The molecule has 1 fully saturated rings. The van der Waals surface area contributed by atoms with Crippen molar-refractivity contribution < 1.29 is 0 Å². The van der Waals surface area contributed by atoms with Crippen LogP contribution in [0.5, 0.6) is 0 Å². The Morgan fingerprint density at radius 3 is 2.73 bits per heavy atom. The highest BCUT2D eigenvalue weighted by Gasteiger charge is 2.11. The van der Waals surface area contributed by atoms with Crippen molar-refractivity contribution in [2.45, 2.75) is 12.8 Å². The van der Waals surface area contributed by atoms with Gasteiger partial charge in [-0.15, -0.1) is 0 Å². The van der Waals surface area contributed by atoms with Crippen molar-refractivity contribution in [2.24, 2.45) is 5.92 Å². The molecular formula is C8H19N3. The molecule has 2 N–H and O–H groups in total. The fraction of sp³-hybridized carbons (Fsp3) is 1.00. The predicted octanol–water partition coefficient (Wildman–Crippen LogP) is 0.0522. The van der Waals surface area contributed by atoms with Gasteiger partial charge < -0.3 is 4.90 Å². The molecule has 1 atom stereocenters. The van der Waals surface area contributed by atoms with E-state index in [0.29, 0.717) is 0 Å². The van der Waals surface area contributed by atoms with Crippen LogP contribution in [0.15, 0.2) is 0 Å². The van der Waals surface area contributed by atoms with Crippen LogP contribution in [0.2, 0.25) is 0 Å². The molecule has 1 unspecified atom stereocenters. The first-order valence-electron chi connectivity index (χ1n) is 4.39. The number of nitrogens with zero attached hydrogens (tertiary/aromatic N) is 1. The molecule has 0 aromatic rings. The lowest BCUT2D eigenvalue weighted by atomic mass is 10.0. The van der Waals surface area contributed by atoms with Crippen LogP contribution in [0.4, 0.5) is 0 Å². The minimum atomic E-state index is 0.874. The van der Waals surface area contributed by atoms with Crippen molar-refractivity contribution in [2.75, 3.05) is 33.7 Å². The van der Waals surface area contributed by atoms with Crippen LogP contribution in [0.1, 0.15) is 12.8 Å². The Kier molecular flexibility index (Phi) is 3.83. The van der Waals surface area contributed by atoms with E-state index in [1.807, 2.05) is 0 Å². The van der Waals surface area contributed by atoms with Crippen molar-refractivity contribution in [3.63, 3.8) is 0 Å². The van der Waals surface area contributed by atoms with E-state index in [9.17, 15) is 0 Å². The summed E-state index contributed by atoms with van der Waals surface area (Å²) >= 11 is 0. The maximum Gasteiger partial charge on any atom is 0.0129 e. The molecule has 11 heavy (non-hydrogen) atoms. The molecule has 0 radical (unpaired) electrons. The molecule has 0 amide bonds. The van der Waals surface area contributed by atoms with Crippen LogP contribution in [-0.4, -0.2) is 38.6 Å². The van der Waals surface area contributed by atoms with Gasteiger partial charge in [-0.25, -0.2) is 0 Å². The van der Waals surface area contributed by atoms with E-state index in [1.165, 1.54) is 19.4 Å². The van der Waals surface area contributed by atoms with Crippen LogP contribution in [0.3, 0.4) is 0 Å². The molecule has 1 heterocycles. The van der Waals surface area contributed by atoms with Gasteiger partial charge in [0.2, 0.25) is 0 Å². The number of hydrogen-bond acceptors (Lipinski definition) is 3. The summed E-state index contributed by atoms with van der Waals surface area (Å²) in [4.78, 5) is 2.25. The van der Waals surface area contributed by atoms with Crippen LogP contribution in [-0.2, 0) is 0 Å². The second kappa shape index (κ2) is 4.70. The standard InChI is InChI=1S/C8H19N3/c1-11(2)6-4-8-3-5-9-10-7-8/h8-10H,3-7H2,1-2H3. The van der Waals surface area contributed by atoms with E-state index >= 15 is 0 Å². The average Bonchev–Trinajstić information content (AvgIpc) is 2.03. The largest absolute Gasteiger partial charge is 0.309 e. The summed E-state index contributed by atoms with van der Waals surface area (Å²) in [6.45, 7) is 3.47. The van der Waals surface area contributed by atoms with Gasteiger partial charge in [0.05, 0.1) is 0 Å². The zero-order valence-electron chi connectivity index (χ0n) is 7.56. The maximum atomic E-state index is 3.19. The molecule has 1 rings (SSSR count). The monoisotopic (exact) mass is 157 g/mol. The van der Waals surface area contributed by atoms with Gasteiger partial charge in [-0.1, -0.05) is 0 Å². The van der Waals surface area contributed by atoms with Gasteiger partial charge in [0.15, 0.2) is 0 Å². The summed E-state index contributed by atoms with van der Waals surface area (Å²) in [6, 6.07) is 0. The Bertz CT molecular complexity index is 97.5. The SMILES string of the molecule is CN(C)CCC1CCNNC1. The fourth-order valence-corrected chi connectivity index (χ4v) is 1.37. The predicted molar refractivity (Wildman–Crippen MR) is 47.3 cm³/mol. The van der Waals surface area contributed by atoms with E-state index in [2.05, 4.69) is 29.8 Å². The van der Waals surface area contributed by atoms with E-state index in [1.54, 1.807) is 0 Å². The third-order valence-electron chi connectivity index (χ3n) is 2.18. The molecule has 3 nitrogen and oxygen atoms in total. The van der Waals surface area contributed by atoms with E-state index < -0.39 is 0 Å². The lowest BCUT2D eigenvalue weighted by Gasteiger charge is -2.24. The summed E-state index contributed by atoms with van der Waals surface area (Å²) in [7, 11) is 4.27. The highest BCUT2D eigenvalue weighted by molar-refractivity contribution is 4.67. The first-order valence-corrected chi connectivity index (χ1v) is 4.39. The molecular weight excluding hydrogens is 138 g/mol. The van der Waals surface area contributed by atoms with Gasteiger partial charge in [0.25, 0.3) is 0 Å². The zero-order valence-corrected chi connectivity index (χ0v) is 7.56. The third kappa shape index (κ3) is 3.70. The molecule has 0 aromatic heterocycles. The zero-order chi connectivity index (χ0) is 8.10. The molecule has 0 spiro atoms. The van der Waals surface area contributed by atoms with Crippen molar-refractivity contribution >= 4 is 0 Å². The molecule has 0 aliphatic carbocycles. The molecule has 1 aliphatic rings. The molecule has 66 valence electrons. The van der Waals surface area contributed by atoms with Crippen molar-refractivity contribution in [1.82, 2.24) is 15.8 Å². The molecule has 3 heteroatoms. The normalized spacial score (nSPS) is 25.9. The van der Waals surface area contributed by atoms with Crippen molar-refractivity contribution in [3.05, 3.63) is 0 Å². The Hall–Kier alpha value is -0.120. The van der Waals surface area contributed by atoms with Crippen molar-refractivity contribution in [1.29, 1.82) is 0 Å². The lowest BCUT2D eigenvalue weighted by Crippen LogP contribution is -2.43. The van der Waals surface area contributed by atoms with E-state index in [0.717, 1.165) is 19.0 Å². The van der Waals surface area contributed by atoms with Crippen molar-refractivity contribution in [3.8, 4) is 0 Å². The quantitative estimate of drug-likeness (QED) is 0.606. The van der Waals surface area contributed by atoms with Gasteiger partial charge in [-0.05, 0) is 39.4 Å². The highest BCUT2D eigenvalue weighted by atomic mass is 15.4. The smallest absolute Gasteiger partial charge is 0.0129 e. The van der Waals surface area contributed by atoms with Gasteiger partial charge in [-0.2, -0.15) is 0 Å².